The van der Waals surface area contributed by atoms with Crippen LogP contribution < -0.4 is 9.64 Å². The molecule has 0 bridgehead atoms. The smallest absolute Gasteiger partial charge is 0.172 e. The van der Waals surface area contributed by atoms with Gasteiger partial charge in [0.15, 0.2) is 16.9 Å². The Morgan fingerprint density at radius 3 is 2.00 bits per heavy atom. The van der Waals surface area contributed by atoms with Crippen molar-refractivity contribution in [3.63, 3.8) is 0 Å². The van der Waals surface area contributed by atoms with Crippen molar-refractivity contribution in [1.29, 1.82) is 15.8 Å². The molecule has 1 unspecified atom stereocenters. The van der Waals surface area contributed by atoms with Crippen molar-refractivity contribution in [1.82, 2.24) is 0 Å². The zero-order valence-corrected chi connectivity index (χ0v) is 31.0. The summed E-state index contributed by atoms with van der Waals surface area (Å²) >= 11 is 1.55. The highest BCUT2D eigenvalue weighted by atomic mass is 32.1. The van der Waals surface area contributed by atoms with Crippen LogP contribution in [-0.4, -0.2) is 36.5 Å². The van der Waals surface area contributed by atoms with E-state index in [1.54, 1.807) is 11.3 Å². The Bertz CT molecular complexity index is 2350. The van der Waals surface area contributed by atoms with E-state index in [1.165, 1.54) is 0 Å². The molecule has 1 aliphatic heterocycles. The highest BCUT2D eigenvalue weighted by molar-refractivity contribution is 7.13. The predicted molar refractivity (Wildman–Crippen MR) is 217 cm³/mol. The van der Waals surface area contributed by atoms with E-state index in [9.17, 15) is 26.0 Å². The van der Waals surface area contributed by atoms with E-state index in [2.05, 4.69) is 6.07 Å². The van der Waals surface area contributed by atoms with Gasteiger partial charge in [-0.05, 0) is 71.7 Å². The number of anilines is 1. The minimum atomic E-state index is -1.14. The molecule has 272 valence electrons. The van der Waals surface area contributed by atoms with E-state index in [0.717, 1.165) is 43.3 Å². The lowest BCUT2D eigenvalue weighted by molar-refractivity contribution is 0.0756. The summed E-state index contributed by atoms with van der Waals surface area (Å²) < 4.78 is 12.7. The minimum absolute atomic E-state index is 0.0243. The van der Waals surface area contributed by atoms with Crippen LogP contribution in [0.15, 0.2) is 144 Å². The second kappa shape index (κ2) is 17.9. The fraction of sp³-hybridized carbons (Fsp3) is 0.152. The third-order valence-corrected chi connectivity index (χ3v) is 10.3. The molecule has 1 aromatic heterocycles. The maximum Gasteiger partial charge on any atom is 0.172 e. The number of rotatable bonds is 14. The number of hydrogen-bond donors (Lipinski definition) is 2. The van der Waals surface area contributed by atoms with Gasteiger partial charge < -0.3 is 24.6 Å². The SMILES string of the molecule is CC1(c2ccc(-c3ccccc3)cc2)OC(=C(C#N)C#N)C(C#N)=C1/C=C/c1ccc(/C=C/c2ccc(N(CCO)CCO)cc2OCc2ccccc2)s1. The van der Waals surface area contributed by atoms with Gasteiger partial charge in [-0.3, -0.25) is 0 Å². The van der Waals surface area contributed by atoms with Crippen molar-refractivity contribution in [2.75, 3.05) is 31.2 Å². The zero-order valence-electron chi connectivity index (χ0n) is 30.2. The zero-order chi connectivity index (χ0) is 38.6. The Balaban J connectivity index is 1.29. The molecule has 0 radical (unpaired) electrons. The third-order valence-electron chi connectivity index (χ3n) is 9.25. The number of aliphatic hydroxyl groups is 2. The van der Waals surface area contributed by atoms with E-state index >= 15 is 0 Å². The van der Waals surface area contributed by atoms with E-state index < -0.39 is 5.60 Å². The quantitative estimate of drug-likeness (QED) is 0.108. The number of benzene rings is 4. The van der Waals surface area contributed by atoms with Gasteiger partial charge in [-0.1, -0.05) is 91.0 Å². The largest absolute Gasteiger partial charge is 0.488 e. The molecule has 4 aromatic carbocycles. The maximum absolute atomic E-state index is 10.3. The van der Waals surface area contributed by atoms with Crippen LogP contribution in [0.4, 0.5) is 5.69 Å². The second-order valence-electron chi connectivity index (χ2n) is 12.7. The molecular formula is C46H38N4O4S. The molecule has 0 amide bonds. The molecule has 0 spiro atoms. The van der Waals surface area contributed by atoms with Gasteiger partial charge in [0.25, 0.3) is 0 Å². The Morgan fingerprint density at radius 2 is 1.38 bits per heavy atom. The lowest BCUT2D eigenvalue weighted by Crippen LogP contribution is -2.29. The second-order valence-corrected chi connectivity index (χ2v) is 13.9. The molecule has 55 heavy (non-hydrogen) atoms. The van der Waals surface area contributed by atoms with Crippen molar-refractivity contribution >= 4 is 35.3 Å². The fourth-order valence-electron chi connectivity index (χ4n) is 6.37. The molecule has 5 aromatic rings. The number of nitriles is 3. The Labute approximate surface area is 325 Å². The predicted octanol–water partition coefficient (Wildman–Crippen LogP) is 9.04. The molecule has 0 saturated heterocycles. The highest BCUT2D eigenvalue weighted by Crippen LogP contribution is 2.47. The van der Waals surface area contributed by atoms with Gasteiger partial charge in [-0.15, -0.1) is 11.3 Å². The van der Waals surface area contributed by atoms with E-state index in [0.29, 0.717) is 31.0 Å². The summed E-state index contributed by atoms with van der Waals surface area (Å²) in [6.07, 6.45) is 7.75. The number of ether oxygens (including phenoxy) is 2. The Morgan fingerprint density at radius 1 is 0.764 bits per heavy atom. The number of nitrogens with zero attached hydrogens (tertiary/aromatic N) is 4. The van der Waals surface area contributed by atoms with Crippen LogP contribution in [-0.2, 0) is 16.9 Å². The average Bonchev–Trinajstić information content (AvgIpc) is 3.81. The molecule has 2 N–H and O–H groups in total. The van der Waals surface area contributed by atoms with Crippen molar-refractivity contribution < 1.29 is 19.7 Å². The van der Waals surface area contributed by atoms with Crippen molar-refractivity contribution in [2.45, 2.75) is 19.1 Å². The number of hydrogen-bond acceptors (Lipinski definition) is 9. The molecule has 0 saturated carbocycles. The first-order valence-corrected chi connectivity index (χ1v) is 18.5. The molecular weight excluding hydrogens is 705 g/mol. The summed E-state index contributed by atoms with van der Waals surface area (Å²) in [6.45, 7) is 2.90. The molecule has 9 heteroatoms. The van der Waals surface area contributed by atoms with Gasteiger partial charge in [0.2, 0.25) is 0 Å². The van der Waals surface area contributed by atoms with E-state index in [1.807, 2.05) is 164 Å². The standard InChI is InChI=1S/C46H38N4O4S/c1-46(38-16-12-35(13-17-38)34-10-6-3-7-11-34)43(42(31-49)45(54-46)37(29-47)30-48)23-22-41-21-20-40(55-41)19-15-36-14-18-39(50(24-26-51)25-27-52)28-44(36)53-32-33-8-4-2-5-9-33/h2-23,28,51-52H,24-27,32H2,1H3/b19-15+,23-22+. The molecule has 6 rings (SSSR count). The van der Waals surface area contributed by atoms with Gasteiger partial charge in [0.05, 0.1) is 13.2 Å². The first-order valence-electron chi connectivity index (χ1n) is 17.7. The van der Waals surface area contributed by atoms with Gasteiger partial charge in [0.1, 0.15) is 36.1 Å². The fourth-order valence-corrected chi connectivity index (χ4v) is 7.18. The van der Waals surface area contributed by atoms with Crippen molar-refractivity contribution in [2.24, 2.45) is 0 Å². The lowest BCUT2D eigenvalue weighted by atomic mass is 9.85. The van der Waals surface area contributed by atoms with Crippen LogP contribution in [0, 0.1) is 34.0 Å². The van der Waals surface area contributed by atoms with Crippen LogP contribution in [0.3, 0.4) is 0 Å². The van der Waals surface area contributed by atoms with E-state index in [4.69, 9.17) is 9.47 Å². The number of allylic oxidation sites excluding steroid dienone is 2. The molecule has 2 heterocycles. The summed E-state index contributed by atoms with van der Waals surface area (Å²) in [5, 5.41) is 48.9. The monoisotopic (exact) mass is 742 g/mol. The van der Waals surface area contributed by atoms with E-state index in [-0.39, 0.29) is 30.1 Å². The Hall–Kier alpha value is -6.67. The summed E-state index contributed by atoms with van der Waals surface area (Å²) in [5.41, 5.74) is 4.87. The van der Waals surface area contributed by atoms with Gasteiger partial charge in [-0.25, -0.2) is 0 Å². The lowest BCUT2D eigenvalue weighted by Gasteiger charge is -2.27. The summed E-state index contributed by atoms with van der Waals surface area (Å²) in [4.78, 5) is 3.81. The van der Waals surface area contributed by atoms with Crippen LogP contribution in [0.2, 0.25) is 0 Å². The molecule has 8 nitrogen and oxygen atoms in total. The topological polar surface area (TPSA) is 134 Å². The van der Waals surface area contributed by atoms with Crippen LogP contribution >= 0.6 is 11.3 Å². The van der Waals surface area contributed by atoms with Gasteiger partial charge >= 0.3 is 0 Å². The summed E-state index contributed by atoms with van der Waals surface area (Å²) in [5.74, 6) is 0.644. The molecule has 0 aliphatic carbocycles. The first kappa shape index (κ1) is 38.1. The third kappa shape index (κ3) is 8.77. The normalized spacial score (nSPS) is 15.1. The molecule has 0 fully saturated rings. The summed E-state index contributed by atoms with van der Waals surface area (Å²) in [6, 6.07) is 43.6. The van der Waals surface area contributed by atoms with Crippen molar-refractivity contribution in [3.8, 4) is 35.1 Å². The van der Waals surface area contributed by atoms with Gasteiger partial charge in [-0.2, -0.15) is 15.8 Å². The molecule has 1 atom stereocenters. The minimum Gasteiger partial charge on any atom is -0.488 e. The van der Waals surface area contributed by atoms with Crippen molar-refractivity contribution in [3.05, 3.63) is 170 Å². The summed E-state index contributed by atoms with van der Waals surface area (Å²) in [7, 11) is 0. The van der Waals surface area contributed by atoms with Crippen LogP contribution in [0.5, 0.6) is 5.75 Å². The highest BCUT2D eigenvalue weighted by Gasteiger charge is 2.43. The number of aliphatic hydroxyl groups excluding tert-OH is 2. The van der Waals surface area contributed by atoms with Gasteiger partial charge in [0, 0.05) is 45.7 Å². The maximum atomic E-state index is 10.3. The first-order chi connectivity index (χ1) is 26.9. The van der Waals surface area contributed by atoms with Crippen LogP contribution in [0.1, 0.15) is 33.4 Å². The van der Waals surface area contributed by atoms with Crippen LogP contribution in [0.25, 0.3) is 29.4 Å². The Kier molecular flexibility index (Phi) is 12.4. The average molecular weight is 743 g/mol. The molecule has 1 aliphatic rings. The number of thiophene rings is 1.